The number of hydrogen-bond acceptors (Lipinski definition) is 3. The molecule has 0 radical (unpaired) electrons. The first-order chi connectivity index (χ1) is 11.1. The molecule has 0 heterocycles. The molecule has 0 aromatic heterocycles. The van der Waals surface area contributed by atoms with Crippen molar-refractivity contribution in [2.45, 2.75) is 19.4 Å². The van der Waals surface area contributed by atoms with Crippen molar-refractivity contribution in [2.24, 2.45) is 5.10 Å². The zero-order valence-corrected chi connectivity index (χ0v) is 14.9. The Labute approximate surface area is 149 Å². The number of carbonyl (C=O) groups is 1. The number of benzene rings is 2. The van der Waals surface area contributed by atoms with E-state index in [-0.39, 0.29) is 11.9 Å². The van der Waals surface area contributed by atoms with Crippen LogP contribution in [0, 0.1) is 0 Å². The lowest BCUT2D eigenvalue weighted by atomic mass is 10.2. The summed E-state index contributed by atoms with van der Waals surface area (Å²) in [5, 5.41) is 7.74. The standard InChI is InChI=1S/C17H17BrClN3O/c1-2-16(21-14-9-7-13(18)8-10-14)17(23)22-20-11-12-5-3-4-6-15(12)19/h3-11,16,21H,2H2,1H3,(H,22,23). The van der Waals surface area contributed by atoms with Crippen LogP contribution >= 0.6 is 27.5 Å². The van der Waals surface area contributed by atoms with Crippen molar-refractivity contribution in [3.05, 3.63) is 63.6 Å². The second-order valence-electron chi connectivity index (χ2n) is 4.87. The molecule has 0 spiro atoms. The average Bonchev–Trinajstić information content (AvgIpc) is 2.56. The summed E-state index contributed by atoms with van der Waals surface area (Å²) >= 11 is 9.41. The molecular formula is C17H17BrClN3O. The minimum absolute atomic E-state index is 0.196. The molecule has 23 heavy (non-hydrogen) atoms. The van der Waals surface area contributed by atoms with Crippen LogP contribution in [0.1, 0.15) is 18.9 Å². The van der Waals surface area contributed by atoms with Gasteiger partial charge < -0.3 is 5.32 Å². The molecule has 0 fully saturated rings. The molecule has 1 amide bonds. The van der Waals surface area contributed by atoms with Crippen LogP contribution in [-0.2, 0) is 4.79 Å². The van der Waals surface area contributed by atoms with Gasteiger partial charge in [-0.3, -0.25) is 4.79 Å². The van der Waals surface area contributed by atoms with Crippen LogP contribution in [0.5, 0.6) is 0 Å². The van der Waals surface area contributed by atoms with Crippen molar-refractivity contribution in [3.8, 4) is 0 Å². The number of hydrogen-bond donors (Lipinski definition) is 2. The lowest BCUT2D eigenvalue weighted by Crippen LogP contribution is -2.36. The fourth-order valence-corrected chi connectivity index (χ4v) is 2.37. The summed E-state index contributed by atoms with van der Waals surface area (Å²) in [6.45, 7) is 1.94. The third-order valence-corrected chi connectivity index (χ3v) is 4.07. The Morgan fingerprint density at radius 2 is 1.96 bits per heavy atom. The van der Waals surface area contributed by atoms with Crippen molar-refractivity contribution in [2.75, 3.05) is 5.32 Å². The van der Waals surface area contributed by atoms with Crippen LogP contribution < -0.4 is 10.7 Å². The lowest BCUT2D eigenvalue weighted by Gasteiger charge is -2.16. The van der Waals surface area contributed by atoms with Gasteiger partial charge in [0, 0.05) is 20.7 Å². The van der Waals surface area contributed by atoms with Crippen molar-refractivity contribution in [3.63, 3.8) is 0 Å². The van der Waals surface area contributed by atoms with Gasteiger partial charge in [-0.25, -0.2) is 5.43 Å². The van der Waals surface area contributed by atoms with E-state index >= 15 is 0 Å². The van der Waals surface area contributed by atoms with Crippen LogP contribution in [0.15, 0.2) is 58.1 Å². The van der Waals surface area contributed by atoms with Crippen molar-refractivity contribution < 1.29 is 4.79 Å². The SMILES string of the molecule is CCC(Nc1ccc(Br)cc1)C(=O)NN=Cc1ccccc1Cl. The lowest BCUT2D eigenvalue weighted by molar-refractivity contribution is -0.121. The van der Waals surface area contributed by atoms with E-state index in [0.29, 0.717) is 11.4 Å². The van der Waals surface area contributed by atoms with Gasteiger partial charge in [0.1, 0.15) is 6.04 Å². The fraction of sp³-hybridized carbons (Fsp3) is 0.176. The van der Waals surface area contributed by atoms with E-state index in [1.807, 2.05) is 49.4 Å². The summed E-state index contributed by atoms with van der Waals surface area (Å²) in [5.74, 6) is -0.196. The molecule has 0 aliphatic carbocycles. The number of rotatable bonds is 6. The Kier molecular flexibility index (Phi) is 6.62. The van der Waals surface area contributed by atoms with E-state index in [2.05, 4.69) is 31.8 Å². The highest BCUT2D eigenvalue weighted by Gasteiger charge is 2.15. The third kappa shape index (κ3) is 5.37. The molecule has 6 heteroatoms. The van der Waals surface area contributed by atoms with Crippen molar-refractivity contribution in [1.29, 1.82) is 0 Å². The highest BCUT2D eigenvalue weighted by atomic mass is 79.9. The van der Waals surface area contributed by atoms with Gasteiger partial charge in [-0.15, -0.1) is 0 Å². The average molecular weight is 395 g/mol. The first kappa shape index (κ1) is 17.5. The van der Waals surface area contributed by atoms with Crippen LogP contribution in [-0.4, -0.2) is 18.2 Å². The Hall–Kier alpha value is -1.85. The minimum Gasteiger partial charge on any atom is -0.374 e. The first-order valence-corrected chi connectivity index (χ1v) is 8.36. The van der Waals surface area contributed by atoms with Gasteiger partial charge in [0.25, 0.3) is 5.91 Å². The number of nitrogens with one attached hydrogen (secondary N) is 2. The largest absolute Gasteiger partial charge is 0.374 e. The molecule has 0 bridgehead atoms. The van der Waals surface area contributed by atoms with E-state index in [0.717, 1.165) is 15.7 Å². The predicted octanol–water partition coefficient (Wildman–Crippen LogP) is 4.44. The molecule has 2 aromatic carbocycles. The number of hydrazone groups is 1. The maximum atomic E-state index is 12.2. The van der Waals surface area contributed by atoms with Gasteiger partial charge in [-0.05, 0) is 36.8 Å². The summed E-state index contributed by atoms with van der Waals surface area (Å²) in [4.78, 5) is 12.2. The number of carbonyl (C=O) groups excluding carboxylic acids is 1. The number of anilines is 1. The quantitative estimate of drug-likeness (QED) is 0.562. The van der Waals surface area contributed by atoms with E-state index < -0.39 is 0 Å². The Balaban J connectivity index is 1.95. The normalized spacial score (nSPS) is 12.1. The van der Waals surface area contributed by atoms with E-state index in [9.17, 15) is 4.79 Å². The zero-order valence-electron chi connectivity index (χ0n) is 12.6. The molecule has 0 saturated carbocycles. The smallest absolute Gasteiger partial charge is 0.262 e. The second-order valence-corrected chi connectivity index (χ2v) is 6.19. The van der Waals surface area contributed by atoms with Crippen LogP contribution in [0.4, 0.5) is 5.69 Å². The second kappa shape index (κ2) is 8.70. The van der Waals surface area contributed by atoms with Gasteiger partial charge in [0.2, 0.25) is 0 Å². The summed E-state index contributed by atoms with van der Waals surface area (Å²) in [7, 11) is 0. The molecule has 120 valence electrons. The van der Waals surface area contributed by atoms with Gasteiger partial charge >= 0.3 is 0 Å². The fourth-order valence-electron chi connectivity index (χ4n) is 1.92. The van der Waals surface area contributed by atoms with E-state index in [1.165, 1.54) is 6.21 Å². The molecule has 2 aromatic rings. The monoisotopic (exact) mass is 393 g/mol. The van der Waals surface area contributed by atoms with Crippen LogP contribution in [0.25, 0.3) is 0 Å². The summed E-state index contributed by atoms with van der Waals surface area (Å²) in [5.41, 5.74) is 4.17. The zero-order chi connectivity index (χ0) is 16.7. The topological polar surface area (TPSA) is 53.5 Å². The molecule has 4 nitrogen and oxygen atoms in total. The molecule has 2 N–H and O–H groups in total. The number of halogens is 2. The number of amides is 1. The molecule has 0 saturated heterocycles. The summed E-state index contributed by atoms with van der Waals surface area (Å²) in [6.07, 6.45) is 2.18. The maximum Gasteiger partial charge on any atom is 0.262 e. The Morgan fingerprint density at radius 1 is 1.26 bits per heavy atom. The molecule has 0 aliphatic heterocycles. The summed E-state index contributed by atoms with van der Waals surface area (Å²) < 4.78 is 0.991. The van der Waals surface area contributed by atoms with Crippen LogP contribution in [0.3, 0.4) is 0 Å². The molecule has 1 unspecified atom stereocenters. The van der Waals surface area contributed by atoms with Gasteiger partial charge in [0.05, 0.1) is 6.21 Å². The molecule has 1 atom stereocenters. The number of nitrogens with zero attached hydrogens (tertiary/aromatic N) is 1. The van der Waals surface area contributed by atoms with E-state index in [1.54, 1.807) is 6.07 Å². The van der Waals surface area contributed by atoms with Crippen molar-refractivity contribution in [1.82, 2.24) is 5.43 Å². The summed E-state index contributed by atoms with van der Waals surface area (Å²) in [6, 6.07) is 14.6. The van der Waals surface area contributed by atoms with Gasteiger partial charge in [-0.1, -0.05) is 52.7 Å². The predicted molar refractivity (Wildman–Crippen MR) is 99.0 cm³/mol. The third-order valence-electron chi connectivity index (χ3n) is 3.19. The highest BCUT2D eigenvalue weighted by molar-refractivity contribution is 9.10. The Morgan fingerprint density at radius 3 is 2.61 bits per heavy atom. The van der Waals surface area contributed by atoms with Gasteiger partial charge in [-0.2, -0.15) is 5.10 Å². The van der Waals surface area contributed by atoms with Crippen molar-refractivity contribution >= 4 is 45.3 Å². The molecule has 2 rings (SSSR count). The maximum absolute atomic E-state index is 12.2. The molecule has 0 aliphatic rings. The first-order valence-electron chi connectivity index (χ1n) is 7.19. The Bertz CT molecular complexity index is 688. The van der Waals surface area contributed by atoms with Gasteiger partial charge in [0.15, 0.2) is 0 Å². The van der Waals surface area contributed by atoms with Crippen LogP contribution in [0.2, 0.25) is 5.02 Å². The highest BCUT2D eigenvalue weighted by Crippen LogP contribution is 2.16. The minimum atomic E-state index is -0.362. The van der Waals surface area contributed by atoms with E-state index in [4.69, 9.17) is 11.6 Å². The molecular weight excluding hydrogens is 378 g/mol.